The average molecular weight is 354 g/mol. The SMILES string of the molecule is CC(=O)Nc1ccc(CN2CCC(c3nnc4n3CCNC4)CC2)cc1. The number of nitrogens with one attached hydrogen (secondary N) is 2. The molecular weight excluding hydrogens is 328 g/mol. The van der Waals surface area contributed by atoms with Gasteiger partial charge in [-0.05, 0) is 43.6 Å². The molecule has 7 heteroatoms. The summed E-state index contributed by atoms with van der Waals surface area (Å²) < 4.78 is 2.32. The maximum atomic E-state index is 11.1. The Kier molecular flexibility index (Phi) is 4.99. The summed E-state index contributed by atoms with van der Waals surface area (Å²) in [4.78, 5) is 13.6. The summed E-state index contributed by atoms with van der Waals surface area (Å²) in [5.41, 5.74) is 2.13. The van der Waals surface area contributed by atoms with Crippen molar-refractivity contribution in [2.45, 2.75) is 45.3 Å². The molecule has 4 rings (SSSR count). The molecule has 0 unspecified atom stereocenters. The summed E-state index contributed by atoms with van der Waals surface area (Å²) in [7, 11) is 0. The van der Waals surface area contributed by atoms with Crippen LogP contribution in [0.4, 0.5) is 5.69 Å². The first-order valence-corrected chi connectivity index (χ1v) is 9.40. The third kappa shape index (κ3) is 3.78. The van der Waals surface area contributed by atoms with Crippen LogP contribution in [-0.2, 0) is 24.4 Å². The Morgan fingerprint density at radius 1 is 1.19 bits per heavy atom. The van der Waals surface area contributed by atoms with E-state index in [2.05, 4.69) is 42.4 Å². The van der Waals surface area contributed by atoms with Crippen molar-refractivity contribution in [3.63, 3.8) is 0 Å². The number of nitrogens with zero attached hydrogens (tertiary/aromatic N) is 4. The standard InChI is InChI=1S/C19H26N6O/c1-14(26)21-17-4-2-15(3-5-17)13-24-9-6-16(7-10-24)19-23-22-18-12-20-8-11-25(18)19/h2-5,16,20H,6-13H2,1H3,(H,21,26). The highest BCUT2D eigenvalue weighted by atomic mass is 16.1. The van der Waals surface area contributed by atoms with Crippen molar-refractivity contribution in [3.05, 3.63) is 41.5 Å². The number of hydrogen-bond acceptors (Lipinski definition) is 5. The average Bonchev–Trinajstić information content (AvgIpc) is 3.08. The quantitative estimate of drug-likeness (QED) is 0.874. The summed E-state index contributed by atoms with van der Waals surface area (Å²) >= 11 is 0. The molecule has 1 aromatic heterocycles. The van der Waals surface area contributed by atoms with Gasteiger partial charge in [-0.25, -0.2) is 0 Å². The largest absolute Gasteiger partial charge is 0.326 e. The molecule has 0 aliphatic carbocycles. The fourth-order valence-electron chi connectivity index (χ4n) is 3.92. The smallest absolute Gasteiger partial charge is 0.221 e. The number of hydrogen-bond donors (Lipinski definition) is 2. The third-order valence-corrected chi connectivity index (χ3v) is 5.28. The van der Waals surface area contributed by atoms with E-state index in [1.54, 1.807) is 0 Å². The zero-order valence-corrected chi connectivity index (χ0v) is 15.2. The molecule has 1 saturated heterocycles. The van der Waals surface area contributed by atoms with Gasteiger partial charge in [0.2, 0.25) is 5.91 Å². The third-order valence-electron chi connectivity index (χ3n) is 5.28. The van der Waals surface area contributed by atoms with Crippen molar-refractivity contribution in [1.82, 2.24) is 25.0 Å². The van der Waals surface area contributed by atoms with Crippen molar-refractivity contribution in [3.8, 4) is 0 Å². The van der Waals surface area contributed by atoms with E-state index in [1.165, 1.54) is 18.3 Å². The first-order chi connectivity index (χ1) is 12.7. The van der Waals surface area contributed by atoms with Gasteiger partial charge in [-0.3, -0.25) is 9.69 Å². The van der Waals surface area contributed by atoms with Crippen molar-refractivity contribution >= 4 is 11.6 Å². The Bertz CT molecular complexity index is 761. The molecule has 2 aliphatic heterocycles. The van der Waals surface area contributed by atoms with Crippen LogP contribution in [0.25, 0.3) is 0 Å². The van der Waals surface area contributed by atoms with Crippen molar-refractivity contribution in [2.75, 3.05) is 25.0 Å². The first kappa shape index (κ1) is 17.2. The molecule has 138 valence electrons. The molecule has 0 atom stereocenters. The van der Waals surface area contributed by atoms with E-state index in [1.807, 2.05) is 12.1 Å². The van der Waals surface area contributed by atoms with Gasteiger partial charge in [0.05, 0.1) is 6.54 Å². The van der Waals surface area contributed by atoms with Crippen molar-refractivity contribution in [1.29, 1.82) is 0 Å². The number of rotatable bonds is 4. The molecular formula is C19H26N6O. The minimum atomic E-state index is -0.0359. The van der Waals surface area contributed by atoms with Crippen LogP contribution >= 0.6 is 0 Å². The van der Waals surface area contributed by atoms with Crippen LogP contribution in [-0.4, -0.2) is 45.2 Å². The van der Waals surface area contributed by atoms with Gasteiger partial charge in [0.15, 0.2) is 0 Å². The predicted octanol–water partition coefficient (Wildman–Crippen LogP) is 1.72. The Morgan fingerprint density at radius 3 is 2.69 bits per heavy atom. The molecule has 1 fully saturated rings. The van der Waals surface area contributed by atoms with Gasteiger partial charge < -0.3 is 15.2 Å². The topological polar surface area (TPSA) is 75.1 Å². The fourth-order valence-corrected chi connectivity index (χ4v) is 3.92. The number of amides is 1. The van der Waals surface area contributed by atoms with Gasteiger partial charge in [0, 0.05) is 38.2 Å². The fraction of sp³-hybridized carbons (Fsp3) is 0.526. The molecule has 7 nitrogen and oxygen atoms in total. The molecule has 3 heterocycles. The Labute approximate surface area is 153 Å². The molecule has 2 N–H and O–H groups in total. The monoisotopic (exact) mass is 354 g/mol. The summed E-state index contributed by atoms with van der Waals surface area (Å²) in [5.74, 6) is 2.74. The zero-order chi connectivity index (χ0) is 17.9. The van der Waals surface area contributed by atoms with E-state index >= 15 is 0 Å². The first-order valence-electron chi connectivity index (χ1n) is 9.40. The summed E-state index contributed by atoms with van der Waals surface area (Å²) in [6.07, 6.45) is 2.27. The number of likely N-dealkylation sites (tertiary alicyclic amines) is 1. The van der Waals surface area contributed by atoms with Gasteiger partial charge in [-0.2, -0.15) is 0 Å². The molecule has 1 aromatic carbocycles. The lowest BCUT2D eigenvalue weighted by Gasteiger charge is -2.32. The van der Waals surface area contributed by atoms with Gasteiger partial charge in [-0.15, -0.1) is 10.2 Å². The maximum absolute atomic E-state index is 11.1. The number of piperidine rings is 1. The van der Waals surface area contributed by atoms with Gasteiger partial charge >= 0.3 is 0 Å². The highest BCUT2D eigenvalue weighted by molar-refractivity contribution is 5.88. The molecule has 26 heavy (non-hydrogen) atoms. The maximum Gasteiger partial charge on any atom is 0.221 e. The van der Waals surface area contributed by atoms with Crippen LogP contribution in [0.2, 0.25) is 0 Å². The molecule has 1 amide bonds. The molecule has 2 aromatic rings. The van der Waals surface area contributed by atoms with Gasteiger partial charge in [-0.1, -0.05) is 12.1 Å². The molecule has 0 saturated carbocycles. The molecule has 2 aliphatic rings. The summed E-state index contributed by atoms with van der Waals surface area (Å²) in [6, 6.07) is 8.14. The number of anilines is 1. The molecule has 0 bridgehead atoms. The van der Waals surface area contributed by atoms with E-state index < -0.39 is 0 Å². The lowest BCUT2D eigenvalue weighted by Crippen LogP contribution is -2.34. The van der Waals surface area contributed by atoms with Crippen LogP contribution in [0.15, 0.2) is 24.3 Å². The molecule has 0 spiro atoms. The molecule has 0 radical (unpaired) electrons. The van der Waals surface area contributed by atoms with E-state index in [-0.39, 0.29) is 5.91 Å². The predicted molar refractivity (Wildman–Crippen MR) is 99.7 cm³/mol. The number of aromatic nitrogens is 3. The summed E-state index contributed by atoms with van der Waals surface area (Å²) in [5, 5.41) is 15.0. The van der Waals surface area contributed by atoms with E-state index in [4.69, 9.17) is 0 Å². The number of carbonyl (C=O) groups is 1. The van der Waals surface area contributed by atoms with E-state index in [9.17, 15) is 4.79 Å². The summed E-state index contributed by atoms with van der Waals surface area (Å²) in [6.45, 7) is 7.47. The normalized spacial score (nSPS) is 18.5. The van der Waals surface area contributed by atoms with E-state index in [0.29, 0.717) is 5.92 Å². The highest BCUT2D eigenvalue weighted by Crippen LogP contribution is 2.28. The van der Waals surface area contributed by atoms with Crippen LogP contribution in [0.5, 0.6) is 0 Å². The second-order valence-electron chi connectivity index (χ2n) is 7.23. The van der Waals surface area contributed by atoms with Crippen LogP contribution in [0.1, 0.15) is 42.9 Å². The Hall–Kier alpha value is -2.25. The lowest BCUT2D eigenvalue weighted by molar-refractivity contribution is -0.114. The lowest BCUT2D eigenvalue weighted by atomic mass is 9.95. The van der Waals surface area contributed by atoms with Crippen molar-refractivity contribution < 1.29 is 4.79 Å². The Morgan fingerprint density at radius 2 is 1.96 bits per heavy atom. The second kappa shape index (κ2) is 7.55. The zero-order valence-electron chi connectivity index (χ0n) is 15.2. The van der Waals surface area contributed by atoms with Crippen molar-refractivity contribution in [2.24, 2.45) is 0 Å². The van der Waals surface area contributed by atoms with Gasteiger partial charge in [0.1, 0.15) is 11.6 Å². The van der Waals surface area contributed by atoms with Gasteiger partial charge in [0.25, 0.3) is 0 Å². The second-order valence-corrected chi connectivity index (χ2v) is 7.23. The number of fused-ring (bicyclic) bond motifs is 1. The van der Waals surface area contributed by atoms with Crippen LogP contribution in [0, 0.1) is 0 Å². The number of carbonyl (C=O) groups excluding carboxylic acids is 1. The minimum absolute atomic E-state index is 0.0359. The minimum Gasteiger partial charge on any atom is -0.326 e. The Balaban J connectivity index is 1.32. The number of benzene rings is 1. The van der Waals surface area contributed by atoms with Crippen LogP contribution < -0.4 is 10.6 Å². The van der Waals surface area contributed by atoms with E-state index in [0.717, 1.165) is 63.6 Å². The highest BCUT2D eigenvalue weighted by Gasteiger charge is 2.26. The van der Waals surface area contributed by atoms with Crippen LogP contribution in [0.3, 0.4) is 0 Å².